The lowest BCUT2D eigenvalue weighted by Gasteiger charge is -2.40. The molecule has 1 aliphatic heterocycles. The molecule has 1 aliphatic carbocycles. The minimum atomic E-state index is -1.09. The van der Waals surface area contributed by atoms with Crippen LogP contribution in [-0.4, -0.2) is 71.3 Å². The molecule has 47 heavy (non-hydrogen) atoms. The number of halogens is 2. The summed E-state index contributed by atoms with van der Waals surface area (Å²) in [5.74, 6) is -2.91. The lowest BCUT2D eigenvalue weighted by molar-refractivity contribution is -0.138. The SMILES string of the molecule is O=C(O)CC[C@@H](NC(=O)CCC(NC(=O)c1cc(Cl)cc(Cl)c1)C(=O)N1CCC2(CCCC2)CC1)C(=O)NCCCc1ccccc1. The number of hydrogen-bond donors (Lipinski definition) is 4. The number of carbonyl (C=O) groups excluding carboxylic acids is 4. The molecule has 1 saturated carbocycles. The fourth-order valence-corrected chi connectivity index (χ4v) is 7.11. The van der Waals surface area contributed by atoms with E-state index in [2.05, 4.69) is 16.0 Å². The van der Waals surface area contributed by atoms with Crippen molar-refractivity contribution in [2.75, 3.05) is 19.6 Å². The minimum absolute atomic E-state index is 0.0172. The first-order valence-electron chi connectivity index (χ1n) is 16.4. The highest BCUT2D eigenvalue weighted by molar-refractivity contribution is 6.35. The molecule has 1 heterocycles. The molecule has 1 saturated heterocycles. The number of carboxylic acids is 1. The Balaban J connectivity index is 1.37. The maximum absolute atomic E-state index is 13.8. The van der Waals surface area contributed by atoms with Gasteiger partial charge in [0.2, 0.25) is 17.7 Å². The second-order valence-corrected chi connectivity index (χ2v) is 13.6. The molecular formula is C35H44Cl2N4O6. The van der Waals surface area contributed by atoms with E-state index in [0.717, 1.165) is 24.8 Å². The molecular weight excluding hydrogens is 643 g/mol. The molecule has 2 aromatic carbocycles. The number of hydrogen-bond acceptors (Lipinski definition) is 5. The molecule has 1 spiro atoms. The number of amides is 4. The number of aliphatic carboxylic acids is 1. The van der Waals surface area contributed by atoms with Gasteiger partial charge < -0.3 is 26.0 Å². The number of rotatable bonds is 15. The fraction of sp³-hybridized carbons (Fsp3) is 0.514. The van der Waals surface area contributed by atoms with Gasteiger partial charge in [-0.1, -0.05) is 66.4 Å². The quantitative estimate of drug-likeness (QED) is 0.191. The number of piperidine rings is 1. The lowest BCUT2D eigenvalue weighted by atomic mass is 9.77. The summed E-state index contributed by atoms with van der Waals surface area (Å²) < 4.78 is 0. The summed E-state index contributed by atoms with van der Waals surface area (Å²) in [5, 5.41) is 18.0. The van der Waals surface area contributed by atoms with Crippen molar-refractivity contribution < 1.29 is 29.1 Å². The molecule has 254 valence electrons. The van der Waals surface area contributed by atoms with Gasteiger partial charge in [0.1, 0.15) is 12.1 Å². The monoisotopic (exact) mass is 686 g/mol. The molecule has 2 aromatic rings. The summed E-state index contributed by atoms with van der Waals surface area (Å²) >= 11 is 12.2. The van der Waals surface area contributed by atoms with Crippen LogP contribution in [0.3, 0.4) is 0 Å². The van der Waals surface area contributed by atoms with Gasteiger partial charge in [-0.05, 0) is 80.5 Å². The maximum Gasteiger partial charge on any atom is 0.303 e. The van der Waals surface area contributed by atoms with Crippen LogP contribution in [0.1, 0.15) is 86.6 Å². The third-order valence-corrected chi connectivity index (χ3v) is 9.71. The van der Waals surface area contributed by atoms with E-state index >= 15 is 0 Å². The van der Waals surface area contributed by atoms with Crippen LogP contribution < -0.4 is 16.0 Å². The summed E-state index contributed by atoms with van der Waals surface area (Å²) in [5.41, 5.74) is 1.61. The molecule has 2 atom stereocenters. The largest absolute Gasteiger partial charge is 0.481 e. The molecule has 2 aliphatic rings. The predicted octanol–water partition coefficient (Wildman–Crippen LogP) is 5.15. The standard InChI is InChI=1S/C35H44Cl2N4O6/c36-26-21-25(22-27(37)23-26)32(45)40-29(34(47)41-19-16-35(17-20-41)14-4-5-15-35)10-12-30(42)39-28(11-13-31(43)44)33(46)38-18-6-9-24-7-2-1-3-8-24/h1-3,7-8,21-23,28-29H,4-6,9-20H2,(H,38,46)(H,39,42)(H,40,45)(H,43,44)/t28-,29?/m1/s1. The van der Waals surface area contributed by atoms with Gasteiger partial charge in [-0.3, -0.25) is 24.0 Å². The number of likely N-dealkylation sites (tertiary alicyclic amines) is 1. The molecule has 4 N–H and O–H groups in total. The van der Waals surface area contributed by atoms with Gasteiger partial charge in [0.05, 0.1) is 0 Å². The predicted molar refractivity (Wildman–Crippen MR) is 180 cm³/mol. The Hall–Kier alpha value is -3.63. The van der Waals surface area contributed by atoms with Crippen molar-refractivity contribution in [3.8, 4) is 0 Å². The topological polar surface area (TPSA) is 145 Å². The van der Waals surface area contributed by atoms with E-state index in [9.17, 15) is 29.1 Å². The first kappa shape index (κ1) is 36.2. The Bertz CT molecular complexity index is 1390. The zero-order chi connectivity index (χ0) is 33.8. The van der Waals surface area contributed by atoms with Gasteiger partial charge in [-0.25, -0.2) is 0 Å². The molecule has 12 heteroatoms. The molecule has 0 radical (unpaired) electrons. The van der Waals surface area contributed by atoms with Crippen LogP contribution in [0.2, 0.25) is 10.0 Å². The molecule has 0 aromatic heterocycles. The van der Waals surface area contributed by atoms with E-state index in [1.807, 2.05) is 30.3 Å². The van der Waals surface area contributed by atoms with E-state index in [4.69, 9.17) is 23.2 Å². The van der Waals surface area contributed by atoms with Crippen molar-refractivity contribution >= 4 is 52.8 Å². The molecule has 0 bridgehead atoms. The summed E-state index contributed by atoms with van der Waals surface area (Å²) in [6.45, 7) is 1.53. The zero-order valence-corrected chi connectivity index (χ0v) is 28.1. The Morgan fingerprint density at radius 3 is 2.11 bits per heavy atom. The third-order valence-electron chi connectivity index (χ3n) is 9.27. The minimum Gasteiger partial charge on any atom is -0.481 e. The molecule has 1 unspecified atom stereocenters. The van der Waals surface area contributed by atoms with Gasteiger partial charge in [-0.15, -0.1) is 0 Å². The lowest BCUT2D eigenvalue weighted by Crippen LogP contribution is -2.52. The van der Waals surface area contributed by atoms with Crippen LogP contribution in [0.4, 0.5) is 0 Å². The number of carbonyl (C=O) groups is 5. The molecule has 10 nitrogen and oxygen atoms in total. The van der Waals surface area contributed by atoms with Gasteiger partial charge >= 0.3 is 5.97 Å². The number of aryl methyl sites for hydroxylation is 1. The highest BCUT2D eigenvalue weighted by Crippen LogP contribution is 2.46. The first-order chi connectivity index (χ1) is 22.5. The van der Waals surface area contributed by atoms with Crippen molar-refractivity contribution in [1.82, 2.24) is 20.9 Å². The average molecular weight is 688 g/mol. The Morgan fingerprint density at radius 2 is 1.47 bits per heavy atom. The Labute approximate surface area is 285 Å². The summed E-state index contributed by atoms with van der Waals surface area (Å²) in [4.78, 5) is 66.1. The van der Waals surface area contributed by atoms with Crippen LogP contribution >= 0.6 is 23.2 Å². The first-order valence-corrected chi connectivity index (χ1v) is 17.2. The van der Waals surface area contributed by atoms with Crippen LogP contribution in [0.25, 0.3) is 0 Å². The molecule has 4 amide bonds. The van der Waals surface area contributed by atoms with Crippen molar-refractivity contribution in [2.24, 2.45) is 5.41 Å². The van der Waals surface area contributed by atoms with E-state index in [-0.39, 0.29) is 47.2 Å². The van der Waals surface area contributed by atoms with Crippen molar-refractivity contribution in [1.29, 1.82) is 0 Å². The van der Waals surface area contributed by atoms with Crippen LogP contribution in [0, 0.1) is 5.41 Å². The van der Waals surface area contributed by atoms with Gasteiger partial charge in [0.15, 0.2) is 0 Å². The second-order valence-electron chi connectivity index (χ2n) is 12.7. The van der Waals surface area contributed by atoms with Crippen molar-refractivity contribution in [3.05, 3.63) is 69.7 Å². The van der Waals surface area contributed by atoms with E-state index in [1.165, 1.54) is 43.9 Å². The van der Waals surface area contributed by atoms with Crippen LogP contribution in [0.15, 0.2) is 48.5 Å². The number of benzene rings is 2. The average Bonchev–Trinajstić information content (AvgIpc) is 3.50. The van der Waals surface area contributed by atoms with Gasteiger partial charge in [0.25, 0.3) is 5.91 Å². The highest BCUT2D eigenvalue weighted by Gasteiger charge is 2.39. The van der Waals surface area contributed by atoms with Crippen molar-refractivity contribution in [3.63, 3.8) is 0 Å². The van der Waals surface area contributed by atoms with E-state index in [0.29, 0.717) is 31.5 Å². The normalized spacial score (nSPS) is 16.7. The van der Waals surface area contributed by atoms with E-state index < -0.39 is 35.8 Å². The van der Waals surface area contributed by atoms with Gasteiger partial charge in [0, 0.05) is 48.1 Å². The Morgan fingerprint density at radius 1 is 0.830 bits per heavy atom. The smallest absolute Gasteiger partial charge is 0.303 e. The number of nitrogens with zero attached hydrogens (tertiary/aromatic N) is 1. The number of nitrogens with one attached hydrogen (secondary N) is 3. The van der Waals surface area contributed by atoms with E-state index in [1.54, 1.807) is 4.90 Å². The Kier molecular flexibility index (Phi) is 13.5. The van der Waals surface area contributed by atoms with Crippen LogP contribution in [-0.2, 0) is 25.6 Å². The van der Waals surface area contributed by atoms with Crippen LogP contribution in [0.5, 0.6) is 0 Å². The highest BCUT2D eigenvalue weighted by atomic mass is 35.5. The number of carboxylic acid groups (broad SMARTS) is 1. The fourth-order valence-electron chi connectivity index (χ4n) is 6.58. The zero-order valence-electron chi connectivity index (χ0n) is 26.6. The van der Waals surface area contributed by atoms with Gasteiger partial charge in [-0.2, -0.15) is 0 Å². The maximum atomic E-state index is 13.8. The summed E-state index contributed by atoms with van der Waals surface area (Å²) in [7, 11) is 0. The van der Waals surface area contributed by atoms with Crippen molar-refractivity contribution in [2.45, 2.75) is 89.1 Å². The second kappa shape index (κ2) is 17.5. The molecule has 4 rings (SSSR count). The molecule has 2 fully saturated rings. The summed E-state index contributed by atoms with van der Waals surface area (Å²) in [6.07, 6.45) is 7.45. The summed E-state index contributed by atoms with van der Waals surface area (Å²) in [6, 6.07) is 12.2. The third kappa shape index (κ3) is 11.2.